The fourth-order valence-electron chi connectivity index (χ4n) is 3.76. The Morgan fingerprint density at radius 3 is 2.76 bits per heavy atom. The molecule has 1 amide bonds. The number of carbonyl (C=O) groups is 1. The van der Waals surface area contributed by atoms with Crippen molar-refractivity contribution in [1.29, 1.82) is 0 Å². The minimum Gasteiger partial charge on any atom is -0.494 e. The van der Waals surface area contributed by atoms with Gasteiger partial charge in [0.05, 0.1) is 30.2 Å². The molecule has 1 atom stereocenters. The molecule has 0 fully saturated rings. The molecule has 29 heavy (non-hydrogen) atoms. The van der Waals surface area contributed by atoms with Crippen molar-refractivity contribution >= 4 is 16.9 Å². The first-order valence-electron chi connectivity index (χ1n) is 9.86. The Labute approximate surface area is 168 Å². The molecule has 3 aromatic rings. The standard InChI is InChI=1S/C23H23NO5/c1-2-3-13-28-16-8-6-7-15(14-16)20-19-21(26)17-9-4-5-10-18(17)29-22(19)23(27)24(20)11-12-25/h4-10,14,20,25H,2-3,11-13H2,1H3. The van der Waals surface area contributed by atoms with Crippen LogP contribution in [-0.2, 0) is 0 Å². The molecule has 1 unspecified atom stereocenters. The molecule has 2 heterocycles. The Bertz CT molecular complexity index is 1100. The minimum absolute atomic E-state index is 0.0458. The third-order valence-corrected chi connectivity index (χ3v) is 5.15. The van der Waals surface area contributed by atoms with Gasteiger partial charge in [0.2, 0.25) is 5.76 Å². The summed E-state index contributed by atoms with van der Waals surface area (Å²) in [5.41, 5.74) is 1.22. The van der Waals surface area contributed by atoms with Crippen LogP contribution in [0.4, 0.5) is 0 Å². The summed E-state index contributed by atoms with van der Waals surface area (Å²) in [4.78, 5) is 27.8. The molecule has 150 valence electrons. The normalized spacial score (nSPS) is 15.7. The van der Waals surface area contributed by atoms with Crippen LogP contribution in [0, 0.1) is 0 Å². The van der Waals surface area contributed by atoms with E-state index in [1.165, 1.54) is 4.90 Å². The molecule has 6 nitrogen and oxygen atoms in total. The van der Waals surface area contributed by atoms with E-state index in [9.17, 15) is 14.7 Å². The topological polar surface area (TPSA) is 80.0 Å². The molecule has 0 spiro atoms. The summed E-state index contributed by atoms with van der Waals surface area (Å²) in [5.74, 6) is 0.342. The molecule has 0 saturated heterocycles. The van der Waals surface area contributed by atoms with E-state index in [1.54, 1.807) is 24.3 Å². The van der Waals surface area contributed by atoms with Crippen LogP contribution in [0.15, 0.2) is 57.7 Å². The van der Waals surface area contributed by atoms with Crippen LogP contribution in [0.2, 0.25) is 0 Å². The number of ether oxygens (including phenoxy) is 1. The van der Waals surface area contributed by atoms with Gasteiger partial charge in [-0.25, -0.2) is 0 Å². The van der Waals surface area contributed by atoms with E-state index < -0.39 is 6.04 Å². The third-order valence-electron chi connectivity index (χ3n) is 5.15. The number of para-hydroxylation sites is 1. The predicted molar refractivity (Wildman–Crippen MR) is 109 cm³/mol. The van der Waals surface area contributed by atoms with Crippen molar-refractivity contribution in [1.82, 2.24) is 4.90 Å². The zero-order valence-electron chi connectivity index (χ0n) is 16.3. The summed E-state index contributed by atoms with van der Waals surface area (Å²) in [5, 5.41) is 9.95. The van der Waals surface area contributed by atoms with Gasteiger partial charge in [0.15, 0.2) is 5.43 Å². The first-order valence-corrected chi connectivity index (χ1v) is 9.86. The summed E-state index contributed by atoms with van der Waals surface area (Å²) in [6, 6.07) is 13.7. The zero-order valence-corrected chi connectivity index (χ0v) is 16.3. The van der Waals surface area contributed by atoms with Crippen LogP contribution in [-0.4, -0.2) is 35.7 Å². The number of fused-ring (bicyclic) bond motifs is 2. The summed E-state index contributed by atoms with van der Waals surface area (Å²) in [6.45, 7) is 2.59. The number of hydrogen-bond acceptors (Lipinski definition) is 5. The molecular formula is C23H23NO5. The lowest BCUT2D eigenvalue weighted by atomic mass is 9.98. The lowest BCUT2D eigenvalue weighted by Gasteiger charge is -2.24. The summed E-state index contributed by atoms with van der Waals surface area (Å²) >= 11 is 0. The molecule has 0 bridgehead atoms. The summed E-state index contributed by atoms with van der Waals surface area (Å²) < 4.78 is 11.6. The second-order valence-corrected chi connectivity index (χ2v) is 7.07. The van der Waals surface area contributed by atoms with Crippen molar-refractivity contribution in [2.45, 2.75) is 25.8 Å². The summed E-state index contributed by atoms with van der Waals surface area (Å²) in [6.07, 6.45) is 1.98. The first kappa shape index (κ1) is 19.2. The van der Waals surface area contributed by atoms with Gasteiger partial charge >= 0.3 is 0 Å². The van der Waals surface area contributed by atoms with Gasteiger partial charge in [-0.05, 0) is 36.2 Å². The van der Waals surface area contributed by atoms with Crippen LogP contribution in [0.5, 0.6) is 5.75 Å². The molecule has 1 aliphatic heterocycles. The maximum absolute atomic E-state index is 13.3. The third kappa shape index (κ3) is 3.40. The Morgan fingerprint density at radius 2 is 1.97 bits per heavy atom. The van der Waals surface area contributed by atoms with Crippen LogP contribution < -0.4 is 10.2 Å². The Balaban J connectivity index is 1.84. The average Bonchev–Trinajstić information content (AvgIpc) is 3.01. The Kier molecular flexibility index (Phi) is 5.36. The molecule has 1 N–H and O–H groups in total. The van der Waals surface area contributed by atoms with Crippen molar-refractivity contribution in [3.63, 3.8) is 0 Å². The van der Waals surface area contributed by atoms with Gasteiger partial charge in [-0.3, -0.25) is 9.59 Å². The summed E-state index contributed by atoms with van der Waals surface area (Å²) in [7, 11) is 0. The molecule has 6 heteroatoms. The van der Waals surface area contributed by atoms with Crippen LogP contribution >= 0.6 is 0 Å². The van der Waals surface area contributed by atoms with Crippen LogP contribution in [0.1, 0.15) is 47.5 Å². The van der Waals surface area contributed by atoms with Crippen molar-refractivity contribution in [3.05, 3.63) is 75.6 Å². The van der Waals surface area contributed by atoms with Gasteiger partial charge in [-0.15, -0.1) is 0 Å². The average molecular weight is 393 g/mol. The van der Waals surface area contributed by atoms with Gasteiger partial charge in [0, 0.05) is 6.54 Å². The zero-order chi connectivity index (χ0) is 20.4. The van der Waals surface area contributed by atoms with Crippen LogP contribution in [0.3, 0.4) is 0 Å². The highest BCUT2D eigenvalue weighted by molar-refractivity contribution is 5.99. The smallest absolute Gasteiger partial charge is 0.290 e. The quantitative estimate of drug-likeness (QED) is 0.622. The first-order chi connectivity index (χ1) is 14.2. The monoisotopic (exact) mass is 393 g/mol. The number of aliphatic hydroxyl groups excluding tert-OH is 1. The van der Waals surface area contributed by atoms with Crippen molar-refractivity contribution in [2.24, 2.45) is 0 Å². The number of aliphatic hydroxyl groups is 1. The minimum atomic E-state index is -0.625. The van der Waals surface area contributed by atoms with Crippen LogP contribution in [0.25, 0.3) is 11.0 Å². The highest BCUT2D eigenvalue weighted by atomic mass is 16.5. The lowest BCUT2D eigenvalue weighted by Crippen LogP contribution is -2.32. The van der Waals surface area contributed by atoms with Gasteiger partial charge in [0.25, 0.3) is 5.91 Å². The highest BCUT2D eigenvalue weighted by Crippen LogP contribution is 2.38. The van der Waals surface area contributed by atoms with Crippen molar-refractivity contribution in [2.75, 3.05) is 19.8 Å². The molecular weight excluding hydrogens is 370 g/mol. The number of rotatable bonds is 7. The molecule has 0 aliphatic carbocycles. The molecule has 1 aliphatic rings. The van der Waals surface area contributed by atoms with Gasteiger partial charge in [-0.1, -0.05) is 37.6 Å². The lowest BCUT2D eigenvalue weighted by molar-refractivity contribution is 0.0691. The van der Waals surface area contributed by atoms with Gasteiger partial charge in [-0.2, -0.15) is 0 Å². The number of unbranched alkanes of at least 4 members (excludes halogenated alkanes) is 1. The van der Waals surface area contributed by atoms with E-state index in [4.69, 9.17) is 9.15 Å². The van der Waals surface area contributed by atoms with Gasteiger partial charge < -0.3 is 19.2 Å². The maximum Gasteiger partial charge on any atom is 0.290 e. The van der Waals surface area contributed by atoms with Crippen molar-refractivity contribution < 1.29 is 19.1 Å². The van der Waals surface area contributed by atoms with E-state index in [2.05, 4.69) is 6.92 Å². The Morgan fingerprint density at radius 1 is 1.14 bits per heavy atom. The maximum atomic E-state index is 13.3. The number of benzene rings is 2. The fourth-order valence-corrected chi connectivity index (χ4v) is 3.76. The van der Waals surface area contributed by atoms with E-state index in [-0.39, 0.29) is 30.2 Å². The van der Waals surface area contributed by atoms with E-state index in [0.29, 0.717) is 28.9 Å². The molecule has 1 aromatic heterocycles. The van der Waals surface area contributed by atoms with E-state index in [1.807, 2.05) is 24.3 Å². The van der Waals surface area contributed by atoms with Crippen molar-refractivity contribution in [3.8, 4) is 5.75 Å². The second-order valence-electron chi connectivity index (χ2n) is 7.07. The predicted octanol–water partition coefficient (Wildman–Crippen LogP) is 3.51. The SMILES string of the molecule is CCCCOc1cccc(C2c3c(oc4ccccc4c3=O)C(=O)N2CCO)c1. The van der Waals surface area contributed by atoms with Gasteiger partial charge in [0.1, 0.15) is 11.3 Å². The number of hydrogen-bond donors (Lipinski definition) is 1. The highest BCUT2D eigenvalue weighted by Gasteiger charge is 2.42. The largest absolute Gasteiger partial charge is 0.494 e. The number of β-amino-alcohol motifs (C(OH)–C–C–N with tert-alkyl or cyclic N) is 1. The second kappa shape index (κ2) is 8.09. The van der Waals surface area contributed by atoms with E-state index in [0.717, 1.165) is 18.4 Å². The molecule has 0 radical (unpaired) electrons. The number of nitrogens with zero attached hydrogens (tertiary/aromatic N) is 1. The Hall–Kier alpha value is -3.12. The molecule has 2 aromatic carbocycles. The fraction of sp³-hybridized carbons (Fsp3) is 0.304. The number of carbonyl (C=O) groups excluding carboxylic acids is 1. The number of amides is 1. The van der Waals surface area contributed by atoms with E-state index >= 15 is 0 Å². The molecule has 4 rings (SSSR count). The molecule has 0 saturated carbocycles.